The van der Waals surface area contributed by atoms with Gasteiger partial charge in [-0.15, -0.1) is 11.8 Å². The number of amides is 1. The highest BCUT2D eigenvalue weighted by molar-refractivity contribution is 8.00. The van der Waals surface area contributed by atoms with Crippen molar-refractivity contribution in [3.63, 3.8) is 0 Å². The largest absolute Gasteiger partial charge is 0.477 e. The highest BCUT2D eigenvalue weighted by atomic mass is 32.2. The lowest BCUT2D eigenvalue weighted by molar-refractivity contribution is -0.147. The standard InChI is InChI=1S/C8H9N3O4S/c9-4-6(12)11-5(8(13)14)3(1-10-15)2-16-7(4)11/h1,4,7,15H,2,9H2,(H,13,14)/t4?,7-/m0/s1. The molecule has 0 radical (unpaired) electrons. The number of β-lactam (4-membered cyclic amide) rings is 1. The van der Waals surface area contributed by atoms with Gasteiger partial charge < -0.3 is 16.0 Å². The van der Waals surface area contributed by atoms with Crippen LogP contribution in [0.3, 0.4) is 0 Å². The van der Waals surface area contributed by atoms with Gasteiger partial charge in [-0.3, -0.25) is 9.69 Å². The fourth-order valence-electron chi connectivity index (χ4n) is 1.71. The number of nitrogens with zero attached hydrogens (tertiary/aromatic N) is 2. The molecule has 1 amide bonds. The van der Waals surface area contributed by atoms with Gasteiger partial charge in [-0.05, 0) is 0 Å². The van der Waals surface area contributed by atoms with Crippen molar-refractivity contribution in [1.82, 2.24) is 4.90 Å². The van der Waals surface area contributed by atoms with Gasteiger partial charge in [-0.25, -0.2) is 4.79 Å². The van der Waals surface area contributed by atoms with E-state index in [0.29, 0.717) is 11.3 Å². The van der Waals surface area contributed by atoms with Crippen LogP contribution in [0.4, 0.5) is 0 Å². The molecule has 2 aliphatic rings. The van der Waals surface area contributed by atoms with Crippen LogP contribution in [0.15, 0.2) is 16.4 Å². The average molecular weight is 243 g/mol. The van der Waals surface area contributed by atoms with Crippen LogP contribution in [0.1, 0.15) is 0 Å². The monoisotopic (exact) mass is 243 g/mol. The summed E-state index contributed by atoms with van der Waals surface area (Å²) in [4.78, 5) is 23.6. The number of hydrogen-bond acceptors (Lipinski definition) is 6. The van der Waals surface area contributed by atoms with Crippen LogP contribution in [-0.2, 0) is 9.59 Å². The van der Waals surface area contributed by atoms with E-state index < -0.39 is 17.9 Å². The Morgan fingerprint density at radius 1 is 1.69 bits per heavy atom. The Kier molecular flexibility index (Phi) is 2.60. The molecule has 0 aliphatic carbocycles. The molecule has 0 aromatic carbocycles. The number of carboxylic acids is 1. The van der Waals surface area contributed by atoms with E-state index in [1.54, 1.807) is 0 Å². The van der Waals surface area contributed by atoms with E-state index in [-0.39, 0.29) is 11.1 Å². The Morgan fingerprint density at radius 2 is 2.38 bits per heavy atom. The number of carbonyl (C=O) groups excluding carboxylic acids is 1. The lowest BCUT2D eigenvalue weighted by atomic mass is 10.0. The average Bonchev–Trinajstić information content (AvgIpc) is 2.27. The van der Waals surface area contributed by atoms with Gasteiger partial charge in [-0.1, -0.05) is 5.16 Å². The lowest BCUT2D eigenvalue weighted by Gasteiger charge is -2.47. The second-order valence-corrected chi connectivity index (χ2v) is 4.46. The van der Waals surface area contributed by atoms with Gasteiger partial charge in [0.2, 0.25) is 5.91 Å². The molecule has 7 nitrogen and oxygen atoms in total. The minimum absolute atomic E-state index is 0.145. The fraction of sp³-hybridized carbons (Fsp3) is 0.375. The summed E-state index contributed by atoms with van der Waals surface area (Å²) in [5.74, 6) is -1.28. The molecular weight excluding hydrogens is 234 g/mol. The Hall–Kier alpha value is -1.54. The number of rotatable bonds is 2. The third-order valence-electron chi connectivity index (χ3n) is 2.46. The molecule has 2 aliphatic heterocycles. The number of oxime groups is 1. The summed E-state index contributed by atoms with van der Waals surface area (Å²) in [5, 5.41) is 19.9. The molecule has 16 heavy (non-hydrogen) atoms. The van der Waals surface area contributed by atoms with Gasteiger partial charge in [0.25, 0.3) is 0 Å². The molecule has 0 saturated carbocycles. The first kappa shape index (κ1) is 11.0. The maximum absolute atomic E-state index is 11.4. The molecule has 0 spiro atoms. The Bertz CT molecular complexity index is 420. The van der Waals surface area contributed by atoms with Crippen LogP contribution in [0.2, 0.25) is 0 Å². The van der Waals surface area contributed by atoms with Crippen molar-refractivity contribution in [2.75, 3.05) is 5.75 Å². The van der Waals surface area contributed by atoms with Crippen molar-refractivity contribution in [1.29, 1.82) is 0 Å². The van der Waals surface area contributed by atoms with Crippen LogP contribution in [0, 0.1) is 0 Å². The van der Waals surface area contributed by atoms with E-state index in [4.69, 9.17) is 16.0 Å². The van der Waals surface area contributed by atoms with Crippen molar-refractivity contribution in [3.05, 3.63) is 11.3 Å². The summed E-state index contributed by atoms with van der Waals surface area (Å²) in [6, 6.07) is -0.646. The normalized spacial score (nSPS) is 29.3. The fourth-order valence-corrected chi connectivity index (χ4v) is 2.95. The summed E-state index contributed by atoms with van der Waals surface area (Å²) >= 11 is 1.35. The molecule has 2 rings (SSSR count). The van der Waals surface area contributed by atoms with Crippen molar-refractivity contribution >= 4 is 29.9 Å². The zero-order chi connectivity index (χ0) is 11.9. The highest BCUT2D eigenvalue weighted by Crippen LogP contribution is 2.38. The number of carbonyl (C=O) groups is 2. The van der Waals surface area contributed by atoms with E-state index in [0.717, 1.165) is 11.1 Å². The SMILES string of the molecule is NC1C(=O)N2C(C(=O)O)=C(C=NO)CS[C@@H]12. The van der Waals surface area contributed by atoms with Gasteiger partial charge in [0, 0.05) is 11.3 Å². The van der Waals surface area contributed by atoms with E-state index in [1.807, 2.05) is 0 Å². The van der Waals surface area contributed by atoms with Crippen LogP contribution < -0.4 is 5.73 Å². The molecule has 1 fully saturated rings. The zero-order valence-corrected chi connectivity index (χ0v) is 8.85. The molecule has 2 heterocycles. The number of fused-ring (bicyclic) bond motifs is 1. The summed E-state index contributed by atoms with van der Waals surface area (Å²) in [6.45, 7) is 0. The molecule has 8 heteroatoms. The summed E-state index contributed by atoms with van der Waals surface area (Å²) in [6.07, 6.45) is 1.03. The van der Waals surface area contributed by atoms with E-state index >= 15 is 0 Å². The molecule has 1 unspecified atom stereocenters. The van der Waals surface area contributed by atoms with Crippen LogP contribution in [0.25, 0.3) is 0 Å². The molecular formula is C8H9N3O4S. The third-order valence-corrected chi connectivity index (χ3v) is 3.78. The summed E-state index contributed by atoms with van der Waals surface area (Å²) in [7, 11) is 0. The van der Waals surface area contributed by atoms with E-state index in [1.165, 1.54) is 11.8 Å². The summed E-state index contributed by atoms with van der Waals surface area (Å²) in [5.41, 5.74) is 5.70. The molecule has 86 valence electrons. The number of hydrogen-bond donors (Lipinski definition) is 3. The molecule has 1 saturated heterocycles. The maximum Gasteiger partial charge on any atom is 0.353 e. The first-order chi connectivity index (χ1) is 7.57. The predicted molar refractivity (Wildman–Crippen MR) is 56.0 cm³/mol. The minimum Gasteiger partial charge on any atom is -0.477 e. The first-order valence-electron chi connectivity index (χ1n) is 4.42. The quantitative estimate of drug-likeness (QED) is 0.248. The van der Waals surface area contributed by atoms with Crippen molar-refractivity contribution in [3.8, 4) is 0 Å². The Balaban J connectivity index is 2.41. The van der Waals surface area contributed by atoms with Gasteiger partial charge in [0.05, 0.1) is 6.21 Å². The minimum atomic E-state index is -1.22. The lowest BCUT2D eigenvalue weighted by Crippen LogP contribution is -2.68. The number of nitrogens with two attached hydrogens (primary N) is 1. The molecule has 2 atom stereocenters. The Labute approximate surface area is 94.6 Å². The van der Waals surface area contributed by atoms with Crippen molar-refractivity contribution in [2.24, 2.45) is 10.9 Å². The van der Waals surface area contributed by atoms with Crippen molar-refractivity contribution in [2.45, 2.75) is 11.4 Å². The number of thioether (sulfide) groups is 1. The smallest absolute Gasteiger partial charge is 0.353 e. The van der Waals surface area contributed by atoms with Crippen LogP contribution in [0.5, 0.6) is 0 Å². The van der Waals surface area contributed by atoms with Crippen LogP contribution in [-0.4, -0.2) is 50.5 Å². The summed E-state index contributed by atoms with van der Waals surface area (Å²) < 4.78 is 0. The third kappa shape index (κ3) is 1.38. The van der Waals surface area contributed by atoms with Crippen molar-refractivity contribution < 1.29 is 19.9 Å². The first-order valence-corrected chi connectivity index (χ1v) is 5.47. The predicted octanol–water partition coefficient (Wildman–Crippen LogP) is -0.972. The van der Waals surface area contributed by atoms with Gasteiger partial charge in [-0.2, -0.15) is 0 Å². The van der Waals surface area contributed by atoms with Gasteiger partial charge in [0.1, 0.15) is 17.1 Å². The number of aliphatic carboxylic acids is 1. The second-order valence-electron chi connectivity index (χ2n) is 3.36. The van der Waals surface area contributed by atoms with E-state index in [2.05, 4.69) is 5.16 Å². The molecule has 4 N–H and O–H groups in total. The second kappa shape index (κ2) is 3.80. The van der Waals surface area contributed by atoms with Crippen LogP contribution >= 0.6 is 11.8 Å². The number of carboxylic acid groups (broad SMARTS) is 1. The van der Waals surface area contributed by atoms with E-state index in [9.17, 15) is 9.59 Å². The molecule has 0 aromatic heterocycles. The molecule has 0 bridgehead atoms. The topological polar surface area (TPSA) is 116 Å². The maximum atomic E-state index is 11.4. The van der Waals surface area contributed by atoms with Gasteiger partial charge in [0.15, 0.2) is 0 Å². The highest BCUT2D eigenvalue weighted by Gasteiger charge is 2.51. The Morgan fingerprint density at radius 3 is 2.94 bits per heavy atom. The molecule has 0 aromatic rings. The van der Waals surface area contributed by atoms with Gasteiger partial charge >= 0.3 is 5.97 Å². The zero-order valence-electron chi connectivity index (χ0n) is 8.03.